The van der Waals surface area contributed by atoms with Crippen LogP contribution in [-0.4, -0.2) is 43.5 Å². The van der Waals surface area contributed by atoms with Gasteiger partial charge >= 0.3 is 5.97 Å². The van der Waals surface area contributed by atoms with Crippen molar-refractivity contribution in [2.24, 2.45) is 5.73 Å². The van der Waals surface area contributed by atoms with Crippen molar-refractivity contribution in [2.45, 2.75) is 25.4 Å². The van der Waals surface area contributed by atoms with Crippen molar-refractivity contribution in [1.82, 2.24) is 0 Å². The van der Waals surface area contributed by atoms with E-state index in [9.17, 15) is 4.79 Å². The summed E-state index contributed by atoms with van der Waals surface area (Å²) in [6.45, 7) is 2.22. The minimum absolute atomic E-state index is 0.0804. The Morgan fingerprint density at radius 2 is 2.21 bits per heavy atom. The van der Waals surface area contributed by atoms with E-state index in [0.29, 0.717) is 6.42 Å². The van der Waals surface area contributed by atoms with Crippen molar-refractivity contribution < 1.29 is 19.4 Å². The van der Waals surface area contributed by atoms with Crippen LogP contribution in [0.5, 0.6) is 0 Å². The molecule has 0 fully saturated rings. The van der Waals surface area contributed by atoms with Crippen molar-refractivity contribution in [3.05, 3.63) is 0 Å². The predicted octanol–water partition coefficient (Wildman–Crippen LogP) is -0.334. The Morgan fingerprint density at radius 3 is 2.57 bits per heavy atom. The first kappa shape index (κ1) is 13.4. The van der Waals surface area contributed by atoms with Gasteiger partial charge < -0.3 is 20.3 Å². The topological polar surface area (TPSA) is 81.8 Å². The lowest BCUT2D eigenvalue weighted by atomic mass is 9.96. The number of hydrogen-bond acceptors (Lipinski definition) is 5. The summed E-state index contributed by atoms with van der Waals surface area (Å²) in [5, 5.41) is 8.63. The van der Waals surface area contributed by atoms with E-state index in [1.54, 1.807) is 0 Å². The lowest BCUT2D eigenvalue weighted by Crippen LogP contribution is -2.43. The average molecular weight is 205 g/mol. The predicted molar refractivity (Wildman–Crippen MR) is 51.7 cm³/mol. The maximum atomic E-state index is 11.1. The lowest BCUT2D eigenvalue weighted by Gasteiger charge is -2.30. The summed E-state index contributed by atoms with van der Waals surface area (Å²) >= 11 is 0. The molecule has 0 spiro atoms. The quantitative estimate of drug-likeness (QED) is 0.556. The fourth-order valence-corrected chi connectivity index (χ4v) is 1.15. The van der Waals surface area contributed by atoms with Gasteiger partial charge in [-0.1, -0.05) is 6.92 Å². The molecule has 0 saturated carbocycles. The average Bonchev–Trinajstić information content (AvgIpc) is 2.24. The van der Waals surface area contributed by atoms with Gasteiger partial charge in [0.1, 0.15) is 0 Å². The molecule has 3 N–H and O–H groups in total. The monoisotopic (exact) mass is 205 g/mol. The van der Waals surface area contributed by atoms with E-state index >= 15 is 0 Å². The number of carbonyl (C=O) groups is 1. The van der Waals surface area contributed by atoms with Gasteiger partial charge in [0.2, 0.25) is 0 Å². The van der Waals surface area contributed by atoms with Crippen molar-refractivity contribution >= 4 is 5.97 Å². The number of esters is 1. The van der Waals surface area contributed by atoms with E-state index in [2.05, 4.69) is 4.74 Å². The molecule has 1 unspecified atom stereocenters. The Kier molecular flexibility index (Phi) is 6.44. The van der Waals surface area contributed by atoms with Gasteiger partial charge in [0.05, 0.1) is 32.3 Å². The molecule has 0 aromatic heterocycles. The first-order valence-electron chi connectivity index (χ1n) is 4.66. The Morgan fingerprint density at radius 1 is 1.57 bits per heavy atom. The number of hydrogen-bond donors (Lipinski definition) is 2. The number of nitrogens with two attached hydrogens (primary N) is 1. The molecular formula is C9H19NO4. The zero-order chi connectivity index (χ0) is 11.0. The Hall–Kier alpha value is -0.650. The van der Waals surface area contributed by atoms with Crippen LogP contribution < -0.4 is 5.73 Å². The largest absolute Gasteiger partial charge is 0.469 e. The van der Waals surface area contributed by atoms with Crippen LogP contribution in [0.15, 0.2) is 0 Å². The smallest absolute Gasteiger partial charge is 0.308 e. The van der Waals surface area contributed by atoms with Crippen LogP contribution in [0.2, 0.25) is 0 Å². The molecule has 0 aliphatic heterocycles. The number of carbonyl (C=O) groups excluding carboxylic acids is 1. The summed E-state index contributed by atoms with van der Waals surface area (Å²) in [5.74, 6) is -0.352. The molecule has 0 saturated heterocycles. The van der Waals surface area contributed by atoms with Crippen molar-refractivity contribution in [2.75, 3.05) is 26.9 Å². The zero-order valence-electron chi connectivity index (χ0n) is 8.78. The van der Waals surface area contributed by atoms with Gasteiger partial charge in [-0.25, -0.2) is 0 Å². The molecule has 0 amide bonds. The fraction of sp³-hybridized carbons (Fsp3) is 0.889. The summed E-state index contributed by atoms with van der Waals surface area (Å²) in [7, 11) is 1.32. The van der Waals surface area contributed by atoms with Crippen LogP contribution in [0.1, 0.15) is 19.8 Å². The normalized spacial score (nSPS) is 14.9. The number of ether oxygens (including phenoxy) is 2. The number of aliphatic hydroxyl groups excluding tert-OH is 1. The summed E-state index contributed by atoms with van der Waals surface area (Å²) < 4.78 is 9.93. The third-order valence-corrected chi connectivity index (χ3v) is 2.21. The first-order valence-corrected chi connectivity index (χ1v) is 4.66. The van der Waals surface area contributed by atoms with Crippen LogP contribution in [0.3, 0.4) is 0 Å². The van der Waals surface area contributed by atoms with Gasteiger partial charge in [0.15, 0.2) is 0 Å². The summed E-state index contributed by atoms with van der Waals surface area (Å²) in [5.41, 5.74) is 4.85. The molecule has 0 aromatic carbocycles. The van der Waals surface area contributed by atoms with Crippen LogP contribution in [0, 0.1) is 0 Å². The van der Waals surface area contributed by atoms with Gasteiger partial charge in [0, 0.05) is 6.54 Å². The lowest BCUT2D eigenvalue weighted by molar-refractivity contribution is -0.149. The molecule has 1 atom stereocenters. The highest BCUT2D eigenvalue weighted by atomic mass is 16.5. The summed E-state index contributed by atoms with van der Waals surface area (Å²) in [6.07, 6.45) is 0.731. The highest BCUT2D eigenvalue weighted by Crippen LogP contribution is 2.19. The highest BCUT2D eigenvalue weighted by molar-refractivity contribution is 5.70. The van der Waals surface area contributed by atoms with E-state index in [0.717, 1.165) is 0 Å². The summed E-state index contributed by atoms with van der Waals surface area (Å²) in [6, 6.07) is 0. The molecule has 0 aliphatic carbocycles. The number of methoxy groups -OCH3 is 1. The molecule has 0 aliphatic rings. The van der Waals surface area contributed by atoms with Gasteiger partial charge in [-0.05, 0) is 6.42 Å². The molecule has 0 heterocycles. The molecule has 5 heteroatoms. The van der Waals surface area contributed by atoms with E-state index in [1.165, 1.54) is 7.11 Å². The van der Waals surface area contributed by atoms with E-state index in [4.69, 9.17) is 15.6 Å². The van der Waals surface area contributed by atoms with Crippen LogP contribution in [0.25, 0.3) is 0 Å². The summed E-state index contributed by atoms with van der Waals surface area (Å²) in [4.78, 5) is 11.1. The van der Waals surface area contributed by atoms with Gasteiger partial charge in [-0.3, -0.25) is 4.79 Å². The van der Waals surface area contributed by atoms with E-state index in [-0.39, 0.29) is 32.1 Å². The molecule has 84 valence electrons. The number of aliphatic hydroxyl groups is 1. The minimum Gasteiger partial charge on any atom is -0.469 e. The van der Waals surface area contributed by atoms with Crippen LogP contribution >= 0.6 is 0 Å². The molecular weight excluding hydrogens is 186 g/mol. The maximum Gasteiger partial charge on any atom is 0.308 e. The Balaban J connectivity index is 4.28. The molecule has 0 radical (unpaired) electrons. The third-order valence-electron chi connectivity index (χ3n) is 2.21. The minimum atomic E-state index is -0.699. The fourth-order valence-electron chi connectivity index (χ4n) is 1.15. The number of rotatable bonds is 7. The highest BCUT2D eigenvalue weighted by Gasteiger charge is 2.30. The SMILES string of the molecule is CCC(CN)(CC(=O)OC)OCCO. The van der Waals surface area contributed by atoms with E-state index in [1.807, 2.05) is 6.92 Å². The van der Waals surface area contributed by atoms with Crippen molar-refractivity contribution in [3.8, 4) is 0 Å². The Bertz CT molecular complexity index is 168. The van der Waals surface area contributed by atoms with Crippen LogP contribution in [-0.2, 0) is 14.3 Å². The van der Waals surface area contributed by atoms with Crippen molar-refractivity contribution in [1.29, 1.82) is 0 Å². The van der Waals surface area contributed by atoms with Crippen LogP contribution in [0.4, 0.5) is 0 Å². The van der Waals surface area contributed by atoms with Crippen molar-refractivity contribution in [3.63, 3.8) is 0 Å². The molecule has 5 nitrogen and oxygen atoms in total. The second kappa shape index (κ2) is 6.75. The third kappa shape index (κ3) is 4.04. The van der Waals surface area contributed by atoms with Gasteiger partial charge in [-0.15, -0.1) is 0 Å². The molecule has 0 aromatic rings. The van der Waals surface area contributed by atoms with Gasteiger partial charge in [-0.2, -0.15) is 0 Å². The maximum absolute atomic E-state index is 11.1. The van der Waals surface area contributed by atoms with Gasteiger partial charge in [0.25, 0.3) is 0 Å². The molecule has 0 rings (SSSR count). The standard InChI is InChI=1S/C9H19NO4/c1-3-9(7-10,14-5-4-11)6-8(12)13-2/h11H,3-7,10H2,1-2H3. The molecule has 0 bridgehead atoms. The van der Waals surface area contributed by atoms with E-state index < -0.39 is 5.60 Å². The zero-order valence-corrected chi connectivity index (χ0v) is 8.78. The first-order chi connectivity index (χ1) is 6.64. The Labute approximate surface area is 84.2 Å². The second-order valence-corrected chi connectivity index (χ2v) is 3.07. The second-order valence-electron chi connectivity index (χ2n) is 3.07. The molecule has 14 heavy (non-hydrogen) atoms.